The third kappa shape index (κ3) is 5.44. The van der Waals surface area contributed by atoms with E-state index in [1.54, 1.807) is 24.3 Å². The van der Waals surface area contributed by atoms with Gasteiger partial charge in [0.15, 0.2) is 5.82 Å². The number of nitrogens with one attached hydrogen (secondary N) is 1. The second kappa shape index (κ2) is 11.5. The standard InChI is InChI=1S/C32H34FN9O3/c1-32(2,18-34-3)20-12-19-7-9-41(31(45)28(19)24(33)13-20)29-23(17-43)22(6-8-35-29)25-15-26(30(44)40(5)37-25)36-27-14-21-16-39(4)10-11-42(21)38-27/h6-9,12-15,43H,3,10-11,16-18H2,1-2,4-5H3,(H,36,38). The summed E-state index contributed by atoms with van der Waals surface area (Å²) in [6, 6.07) is 9.91. The fourth-order valence-corrected chi connectivity index (χ4v) is 5.77. The van der Waals surface area contributed by atoms with E-state index in [4.69, 9.17) is 0 Å². The van der Waals surface area contributed by atoms with Gasteiger partial charge in [-0.1, -0.05) is 19.9 Å². The van der Waals surface area contributed by atoms with Crippen molar-refractivity contribution in [3.63, 3.8) is 0 Å². The van der Waals surface area contributed by atoms with E-state index in [1.165, 1.54) is 34.8 Å². The van der Waals surface area contributed by atoms with Gasteiger partial charge in [0.05, 0.1) is 29.9 Å². The minimum absolute atomic E-state index is 0.0969. The maximum absolute atomic E-state index is 15.5. The molecule has 0 spiro atoms. The number of likely N-dealkylation sites (N-methyl/N-ethyl adjacent to an activating group) is 1. The number of rotatable bonds is 8. The molecule has 6 rings (SSSR count). The van der Waals surface area contributed by atoms with Gasteiger partial charge in [-0.3, -0.25) is 23.7 Å². The first kappa shape index (κ1) is 30.0. The summed E-state index contributed by atoms with van der Waals surface area (Å²) < 4.78 is 19.8. The van der Waals surface area contributed by atoms with E-state index in [0.29, 0.717) is 34.6 Å². The molecule has 12 nitrogen and oxygen atoms in total. The van der Waals surface area contributed by atoms with Crippen LogP contribution in [0.15, 0.2) is 63.4 Å². The Morgan fingerprint density at radius 3 is 2.64 bits per heavy atom. The quantitative estimate of drug-likeness (QED) is 0.256. The van der Waals surface area contributed by atoms with E-state index in [0.717, 1.165) is 25.3 Å². The summed E-state index contributed by atoms with van der Waals surface area (Å²) >= 11 is 0. The van der Waals surface area contributed by atoms with Crippen molar-refractivity contribution in [2.45, 2.75) is 39.0 Å². The van der Waals surface area contributed by atoms with Gasteiger partial charge in [0.25, 0.3) is 11.1 Å². The summed E-state index contributed by atoms with van der Waals surface area (Å²) in [7, 11) is 3.57. The maximum Gasteiger partial charge on any atom is 0.290 e. The number of hydrogen-bond acceptors (Lipinski definition) is 9. The average Bonchev–Trinajstić information content (AvgIpc) is 3.40. The lowest BCUT2D eigenvalue weighted by molar-refractivity contribution is 0.259. The zero-order valence-electron chi connectivity index (χ0n) is 25.6. The largest absolute Gasteiger partial charge is 0.392 e. The predicted molar refractivity (Wildman–Crippen MR) is 171 cm³/mol. The second-order valence-corrected chi connectivity index (χ2v) is 12.0. The van der Waals surface area contributed by atoms with Crippen LogP contribution in [0.5, 0.6) is 0 Å². The minimum Gasteiger partial charge on any atom is -0.392 e. The van der Waals surface area contributed by atoms with Gasteiger partial charge >= 0.3 is 0 Å². The number of aryl methyl sites for hydroxylation is 1. The summed E-state index contributed by atoms with van der Waals surface area (Å²) in [4.78, 5) is 37.3. The zero-order chi connectivity index (χ0) is 32.0. The summed E-state index contributed by atoms with van der Waals surface area (Å²) in [5, 5.41) is 23.0. The third-order valence-electron chi connectivity index (χ3n) is 8.26. The minimum atomic E-state index is -0.663. The Balaban J connectivity index is 1.42. The molecule has 5 aromatic rings. The number of aliphatic imine (C=N–C) groups is 1. The van der Waals surface area contributed by atoms with Crippen molar-refractivity contribution in [3.05, 3.63) is 92.1 Å². The highest BCUT2D eigenvalue weighted by molar-refractivity contribution is 5.83. The Morgan fingerprint density at radius 1 is 1.09 bits per heavy atom. The molecule has 0 amide bonds. The van der Waals surface area contributed by atoms with E-state index in [9.17, 15) is 14.7 Å². The van der Waals surface area contributed by atoms with Crippen LogP contribution >= 0.6 is 0 Å². The van der Waals surface area contributed by atoms with Gasteiger partial charge in [-0.2, -0.15) is 10.2 Å². The molecule has 0 fully saturated rings. The highest BCUT2D eigenvalue weighted by Gasteiger charge is 2.24. The maximum atomic E-state index is 15.5. The Bertz CT molecular complexity index is 2080. The number of aromatic nitrogens is 6. The third-order valence-corrected chi connectivity index (χ3v) is 8.26. The van der Waals surface area contributed by atoms with Crippen molar-refractivity contribution >= 4 is 29.0 Å². The molecular formula is C32H34FN9O3. The van der Waals surface area contributed by atoms with Crippen LogP contribution in [-0.2, 0) is 32.2 Å². The lowest BCUT2D eigenvalue weighted by Gasteiger charge is -2.23. The zero-order valence-corrected chi connectivity index (χ0v) is 25.6. The molecule has 0 saturated carbocycles. The Kier molecular flexibility index (Phi) is 7.67. The van der Waals surface area contributed by atoms with Gasteiger partial charge in [0.2, 0.25) is 0 Å². The van der Waals surface area contributed by atoms with Crippen LogP contribution in [0.3, 0.4) is 0 Å². The molecule has 4 aromatic heterocycles. The van der Waals surface area contributed by atoms with E-state index in [1.807, 2.05) is 31.6 Å². The number of aliphatic hydroxyl groups excluding tert-OH is 1. The average molecular weight is 612 g/mol. The summed E-state index contributed by atoms with van der Waals surface area (Å²) in [6.45, 7) is 9.69. The van der Waals surface area contributed by atoms with Gasteiger partial charge < -0.3 is 15.4 Å². The van der Waals surface area contributed by atoms with E-state index in [-0.39, 0.29) is 28.0 Å². The number of halogens is 1. The van der Waals surface area contributed by atoms with Gasteiger partial charge in [0.1, 0.15) is 17.3 Å². The molecular weight excluding hydrogens is 577 g/mol. The number of nitrogens with zero attached hydrogens (tertiary/aromatic N) is 8. The van der Waals surface area contributed by atoms with Crippen LogP contribution in [0.4, 0.5) is 15.9 Å². The molecule has 0 atom stereocenters. The summed E-state index contributed by atoms with van der Waals surface area (Å²) in [5.74, 6) is -0.00856. The highest BCUT2D eigenvalue weighted by Crippen LogP contribution is 2.30. The van der Waals surface area contributed by atoms with Crippen molar-refractivity contribution in [1.82, 2.24) is 34.0 Å². The van der Waals surface area contributed by atoms with Crippen molar-refractivity contribution in [2.75, 3.05) is 25.5 Å². The van der Waals surface area contributed by atoms with Crippen molar-refractivity contribution in [3.8, 4) is 17.1 Å². The molecule has 0 saturated heterocycles. The molecule has 2 N–H and O–H groups in total. The Labute approximate surface area is 258 Å². The molecule has 0 unspecified atom stereocenters. The number of benzene rings is 1. The van der Waals surface area contributed by atoms with Gasteiger partial charge in [-0.05, 0) is 49.0 Å². The molecule has 0 bridgehead atoms. The van der Waals surface area contributed by atoms with Crippen molar-refractivity contribution in [1.29, 1.82) is 0 Å². The second-order valence-electron chi connectivity index (χ2n) is 12.0. The Morgan fingerprint density at radius 2 is 1.89 bits per heavy atom. The van der Waals surface area contributed by atoms with Crippen molar-refractivity contribution < 1.29 is 9.50 Å². The highest BCUT2D eigenvalue weighted by atomic mass is 19.1. The van der Waals surface area contributed by atoms with Crippen molar-refractivity contribution in [2.24, 2.45) is 12.0 Å². The molecule has 5 heterocycles. The van der Waals surface area contributed by atoms with Crippen LogP contribution in [0.25, 0.3) is 27.8 Å². The van der Waals surface area contributed by atoms with Gasteiger partial charge in [0, 0.05) is 61.7 Å². The molecule has 1 aromatic carbocycles. The fraction of sp³-hybridized carbons (Fsp3) is 0.312. The molecule has 0 radical (unpaired) electrons. The first-order chi connectivity index (χ1) is 21.5. The van der Waals surface area contributed by atoms with Crippen LogP contribution in [0.1, 0.15) is 30.7 Å². The molecule has 45 heavy (non-hydrogen) atoms. The molecule has 13 heteroatoms. The van der Waals surface area contributed by atoms with E-state index in [2.05, 4.69) is 37.1 Å². The van der Waals surface area contributed by atoms with Gasteiger partial charge in [-0.15, -0.1) is 0 Å². The SMILES string of the molecule is C=NCC(C)(C)c1cc(F)c2c(=O)n(-c3nccc(-c4cc(Nc5cc6n(n5)CCN(C)C6)c(=O)n(C)n4)c3CO)ccc2c1. The first-order valence-corrected chi connectivity index (χ1v) is 14.5. The van der Waals surface area contributed by atoms with Gasteiger partial charge in [-0.25, -0.2) is 14.1 Å². The Hall–Kier alpha value is -5.01. The molecule has 0 aliphatic carbocycles. The number of aliphatic hydroxyl groups is 1. The number of anilines is 2. The molecule has 1 aliphatic rings. The molecule has 1 aliphatic heterocycles. The van der Waals surface area contributed by atoms with E-state index < -0.39 is 23.4 Å². The number of pyridine rings is 2. The van der Waals surface area contributed by atoms with Crippen LogP contribution in [0.2, 0.25) is 0 Å². The smallest absolute Gasteiger partial charge is 0.290 e. The normalized spacial score (nSPS) is 13.6. The van der Waals surface area contributed by atoms with Crippen LogP contribution in [0, 0.1) is 5.82 Å². The van der Waals surface area contributed by atoms with Crippen LogP contribution < -0.4 is 16.4 Å². The van der Waals surface area contributed by atoms with E-state index >= 15 is 4.39 Å². The topological polar surface area (TPSA) is 135 Å². The lowest BCUT2D eigenvalue weighted by atomic mass is 9.83. The number of fused-ring (bicyclic) bond motifs is 2. The number of hydrogen-bond donors (Lipinski definition) is 2. The molecule has 232 valence electrons. The monoisotopic (exact) mass is 611 g/mol. The first-order valence-electron chi connectivity index (χ1n) is 14.5. The lowest BCUT2D eigenvalue weighted by Crippen LogP contribution is -2.30. The summed E-state index contributed by atoms with van der Waals surface area (Å²) in [5.41, 5.74) is 1.60. The fourth-order valence-electron chi connectivity index (χ4n) is 5.77. The summed E-state index contributed by atoms with van der Waals surface area (Å²) in [6.07, 6.45) is 2.99. The van der Waals surface area contributed by atoms with Crippen LogP contribution in [-0.4, -0.2) is 66.0 Å². The predicted octanol–water partition coefficient (Wildman–Crippen LogP) is 3.14.